The lowest BCUT2D eigenvalue weighted by Crippen LogP contribution is -2.48. The van der Waals surface area contributed by atoms with E-state index in [0.29, 0.717) is 48.3 Å². The third kappa shape index (κ3) is 5.69. The molecular weight excluding hydrogens is 428 g/mol. The lowest BCUT2D eigenvalue weighted by molar-refractivity contribution is -0.157. The van der Waals surface area contributed by atoms with Gasteiger partial charge in [-0.05, 0) is 47.7 Å². The Bertz CT molecular complexity index is 963. The molecule has 0 bridgehead atoms. The van der Waals surface area contributed by atoms with Gasteiger partial charge in [-0.2, -0.15) is 0 Å². The molecule has 0 saturated heterocycles. The minimum Gasteiger partial charge on any atom is -0.493 e. The Balaban J connectivity index is 1.48. The maximum atomic E-state index is 11.8. The highest BCUT2D eigenvalue weighted by Crippen LogP contribution is 2.41. The first-order chi connectivity index (χ1) is 15.0. The Kier molecular flexibility index (Phi) is 7.29. The summed E-state index contributed by atoms with van der Waals surface area (Å²) in [6.07, 6.45) is 1.98. The molecule has 0 amide bonds. The number of benzene rings is 2. The number of aliphatic carboxylic acids is 1. The van der Waals surface area contributed by atoms with Crippen LogP contribution in [0.25, 0.3) is 0 Å². The number of carbonyl (C=O) groups is 1. The fourth-order valence-corrected chi connectivity index (χ4v) is 4.16. The summed E-state index contributed by atoms with van der Waals surface area (Å²) in [5.74, 6) is 0.901. The van der Waals surface area contributed by atoms with Crippen molar-refractivity contribution in [3.05, 3.63) is 52.5 Å². The van der Waals surface area contributed by atoms with Gasteiger partial charge in [0.25, 0.3) is 0 Å². The van der Waals surface area contributed by atoms with Crippen LogP contribution >= 0.6 is 11.6 Å². The minimum atomic E-state index is -1.21. The maximum Gasteiger partial charge on any atom is 0.348 e. The normalized spacial score (nSPS) is 17.7. The highest BCUT2D eigenvalue weighted by Gasteiger charge is 2.49. The van der Waals surface area contributed by atoms with Crippen LogP contribution in [0.4, 0.5) is 0 Å². The van der Waals surface area contributed by atoms with Crippen molar-refractivity contribution in [2.24, 2.45) is 11.3 Å². The first-order valence-corrected chi connectivity index (χ1v) is 11.5. The summed E-state index contributed by atoms with van der Waals surface area (Å²) in [5.41, 5.74) is 1.05. The molecule has 5 nitrogen and oxygen atoms in total. The molecular formula is C26H33ClO5. The van der Waals surface area contributed by atoms with Gasteiger partial charge in [0, 0.05) is 24.3 Å². The van der Waals surface area contributed by atoms with Crippen molar-refractivity contribution in [2.75, 3.05) is 13.2 Å². The fourth-order valence-electron chi connectivity index (χ4n) is 3.90. The Hall–Kier alpha value is -2.40. The second kappa shape index (κ2) is 9.62. The summed E-state index contributed by atoms with van der Waals surface area (Å²) in [6.45, 7) is 11.3. The van der Waals surface area contributed by atoms with Crippen LogP contribution in [0, 0.1) is 11.3 Å². The number of carboxylic acid groups (broad SMARTS) is 1. The van der Waals surface area contributed by atoms with Crippen LogP contribution in [0.5, 0.6) is 17.2 Å². The van der Waals surface area contributed by atoms with Crippen LogP contribution in [0.2, 0.25) is 5.02 Å². The molecule has 0 radical (unpaired) electrons. The van der Waals surface area contributed by atoms with Gasteiger partial charge in [-0.25, -0.2) is 4.79 Å². The van der Waals surface area contributed by atoms with E-state index in [2.05, 4.69) is 26.8 Å². The molecule has 174 valence electrons. The first-order valence-electron chi connectivity index (χ1n) is 11.1. The zero-order valence-corrected chi connectivity index (χ0v) is 20.3. The number of hydrogen-bond acceptors (Lipinski definition) is 4. The summed E-state index contributed by atoms with van der Waals surface area (Å²) in [6, 6.07) is 11.4. The predicted molar refractivity (Wildman–Crippen MR) is 126 cm³/mol. The Morgan fingerprint density at radius 3 is 2.50 bits per heavy atom. The van der Waals surface area contributed by atoms with Crippen molar-refractivity contribution in [2.45, 2.75) is 59.5 Å². The molecule has 1 aliphatic rings. The average Bonchev–Trinajstić information content (AvgIpc) is 3.08. The molecule has 0 aliphatic carbocycles. The van der Waals surface area contributed by atoms with Crippen molar-refractivity contribution in [1.29, 1.82) is 0 Å². The molecule has 2 aromatic rings. The van der Waals surface area contributed by atoms with Crippen LogP contribution in [0.15, 0.2) is 36.4 Å². The number of rotatable bonds is 9. The fraction of sp³-hybridized carbons (Fsp3) is 0.500. The van der Waals surface area contributed by atoms with E-state index in [9.17, 15) is 9.90 Å². The Morgan fingerprint density at radius 1 is 1.16 bits per heavy atom. The molecule has 0 saturated carbocycles. The Morgan fingerprint density at radius 2 is 1.88 bits per heavy atom. The van der Waals surface area contributed by atoms with Gasteiger partial charge in [0.2, 0.25) is 5.60 Å². The van der Waals surface area contributed by atoms with Crippen molar-refractivity contribution in [3.63, 3.8) is 0 Å². The van der Waals surface area contributed by atoms with Crippen LogP contribution < -0.4 is 14.2 Å². The molecule has 0 spiro atoms. The monoisotopic (exact) mass is 460 g/mol. The maximum absolute atomic E-state index is 11.8. The molecule has 1 aliphatic heterocycles. The molecule has 1 atom stereocenters. The highest BCUT2D eigenvalue weighted by molar-refractivity contribution is 6.32. The number of ether oxygens (including phenoxy) is 3. The van der Waals surface area contributed by atoms with Gasteiger partial charge < -0.3 is 19.3 Å². The third-order valence-corrected chi connectivity index (χ3v) is 5.91. The number of carboxylic acids is 1. The summed E-state index contributed by atoms with van der Waals surface area (Å²) in [4.78, 5) is 11.8. The number of halogens is 1. The van der Waals surface area contributed by atoms with E-state index in [1.165, 1.54) is 5.56 Å². The quantitative estimate of drug-likeness (QED) is 0.452. The SMILES string of the molecule is CC(C)[C@]1(C(=O)O)Cc2cc(OCCCOc3ccc(CC(C)(C)C)cc3Cl)ccc2O1. The average molecular weight is 461 g/mol. The van der Waals surface area contributed by atoms with Gasteiger partial charge in [0.15, 0.2) is 0 Å². The lowest BCUT2D eigenvalue weighted by atomic mass is 9.86. The molecule has 2 aromatic carbocycles. The summed E-state index contributed by atoms with van der Waals surface area (Å²) >= 11 is 6.38. The van der Waals surface area contributed by atoms with Crippen molar-refractivity contribution >= 4 is 17.6 Å². The summed E-state index contributed by atoms with van der Waals surface area (Å²) < 4.78 is 17.5. The van der Waals surface area contributed by atoms with Gasteiger partial charge in [-0.1, -0.05) is 52.3 Å². The van der Waals surface area contributed by atoms with Gasteiger partial charge in [0.05, 0.1) is 18.2 Å². The van der Waals surface area contributed by atoms with Gasteiger partial charge in [0.1, 0.15) is 17.2 Å². The molecule has 0 unspecified atom stereocenters. The summed E-state index contributed by atoms with van der Waals surface area (Å²) in [7, 11) is 0. The van der Waals surface area contributed by atoms with Gasteiger partial charge in [-0.15, -0.1) is 0 Å². The van der Waals surface area contributed by atoms with Crippen LogP contribution in [-0.2, 0) is 17.6 Å². The molecule has 1 N–H and O–H groups in total. The van der Waals surface area contributed by atoms with E-state index in [4.69, 9.17) is 25.8 Å². The zero-order valence-electron chi connectivity index (χ0n) is 19.5. The number of hydrogen-bond donors (Lipinski definition) is 1. The van der Waals surface area contributed by atoms with E-state index >= 15 is 0 Å². The van der Waals surface area contributed by atoms with E-state index in [1.807, 2.05) is 38.1 Å². The minimum absolute atomic E-state index is 0.150. The molecule has 0 fully saturated rings. The molecule has 6 heteroatoms. The van der Waals surface area contributed by atoms with Crippen LogP contribution in [0.1, 0.15) is 52.2 Å². The van der Waals surface area contributed by atoms with Crippen LogP contribution in [-0.4, -0.2) is 29.9 Å². The predicted octanol–water partition coefficient (Wildman–Crippen LogP) is 6.19. The summed E-state index contributed by atoms with van der Waals surface area (Å²) in [5, 5.41) is 10.3. The zero-order chi connectivity index (χ0) is 23.5. The van der Waals surface area contributed by atoms with Crippen molar-refractivity contribution in [1.82, 2.24) is 0 Å². The standard InChI is InChI=1S/C26H33ClO5/c1-17(2)26(24(28)29)16-19-14-20(8-10-22(19)32-26)30-11-6-12-31-23-9-7-18(13-21(23)27)15-25(3,4)5/h7-10,13-14,17H,6,11-12,15-16H2,1-5H3,(H,28,29)/t26-/m0/s1. The number of fused-ring (bicyclic) bond motifs is 1. The second-order valence-electron chi connectivity index (χ2n) is 9.95. The van der Waals surface area contributed by atoms with Crippen molar-refractivity contribution < 1.29 is 24.1 Å². The first kappa shape index (κ1) is 24.2. The molecule has 0 aromatic heterocycles. The van der Waals surface area contributed by atoms with Gasteiger partial charge >= 0.3 is 5.97 Å². The van der Waals surface area contributed by atoms with Crippen molar-refractivity contribution in [3.8, 4) is 17.2 Å². The molecule has 3 rings (SSSR count). The van der Waals surface area contributed by atoms with E-state index < -0.39 is 11.6 Å². The smallest absolute Gasteiger partial charge is 0.348 e. The van der Waals surface area contributed by atoms with E-state index in [-0.39, 0.29) is 11.3 Å². The topological polar surface area (TPSA) is 65.0 Å². The Labute approximate surface area is 195 Å². The van der Waals surface area contributed by atoms with Gasteiger partial charge in [-0.3, -0.25) is 0 Å². The second-order valence-corrected chi connectivity index (χ2v) is 10.4. The highest BCUT2D eigenvalue weighted by atomic mass is 35.5. The largest absolute Gasteiger partial charge is 0.493 e. The molecule has 1 heterocycles. The third-order valence-electron chi connectivity index (χ3n) is 5.62. The van der Waals surface area contributed by atoms with E-state index in [0.717, 1.165) is 12.0 Å². The molecule has 32 heavy (non-hydrogen) atoms. The van der Waals surface area contributed by atoms with E-state index in [1.54, 1.807) is 6.07 Å². The van der Waals surface area contributed by atoms with Crippen LogP contribution in [0.3, 0.4) is 0 Å². The lowest BCUT2D eigenvalue weighted by Gasteiger charge is -2.27.